The highest BCUT2D eigenvalue weighted by Gasteiger charge is 2.19. The molecular formula is C23H31ClN2O2. The molecule has 28 heavy (non-hydrogen) atoms. The first-order chi connectivity index (χ1) is 13.1. The molecule has 0 aliphatic heterocycles. The summed E-state index contributed by atoms with van der Waals surface area (Å²) >= 11 is 0. The normalized spacial score (nSPS) is 19.0. The van der Waals surface area contributed by atoms with Crippen LogP contribution in [-0.4, -0.2) is 32.0 Å². The van der Waals surface area contributed by atoms with Crippen LogP contribution in [0.15, 0.2) is 42.5 Å². The Morgan fingerprint density at radius 1 is 1.00 bits per heavy atom. The Balaban J connectivity index is 0.00000280. The molecule has 0 radical (unpaired) electrons. The molecule has 0 unspecified atom stereocenters. The zero-order valence-electron chi connectivity index (χ0n) is 17.0. The van der Waals surface area contributed by atoms with E-state index < -0.39 is 0 Å². The van der Waals surface area contributed by atoms with Crippen LogP contribution in [0, 0.1) is 0 Å². The number of ether oxygens (including phenoxy) is 1. The van der Waals surface area contributed by atoms with Gasteiger partial charge in [-0.3, -0.25) is 4.79 Å². The van der Waals surface area contributed by atoms with Crippen LogP contribution in [-0.2, 0) is 6.54 Å². The van der Waals surface area contributed by atoms with E-state index in [0.29, 0.717) is 12.1 Å². The largest absolute Gasteiger partial charge is 0.496 e. The first-order valence-electron chi connectivity index (χ1n) is 9.79. The maximum atomic E-state index is 11.5. The Morgan fingerprint density at radius 3 is 2.18 bits per heavy atom. The molecule has 1 aliphatic rings. The first kappa shape index (κ1) is 22.4. The fraction of sp³-hybridized carbons (Fsp3) is 0.435. The van der Waals surface area contributed by atoms with E-state index in [9.17, 15) is 4.79 Å². The average molecular weight is 403 g/mol. The number of Topliss-reactive ketones (excluding diaryl/α,β-unsaturated/α-hetero) is 1. The summed E-state index contributed by atoms with van der Waals surface area (Å²) < 4.78 is 5.57. The molecule has 0 aromatic heterocycles. The van der Waals surface area contributed by atoms with Crippen molar-refractivity contribution in [1.82, 2.24) is 10.6 Å². The summed E-state index contributed by atoms with van der Waals surface area (Å²) in [5, 5.41) is 7.09. The highest BCUT2D eigenvalue weighted by Crippen LogP contribution is 2.28. The second kappa shape index (κ2) is 10.6. The summed E-state index contributed by atoms with van der Waals surface area (Å²) in [5.41, 5.74) is 4.16. The maximum absolute atomic E-state index is 11.5. The van der Waals surface area contributed by atoms with Crippen LogP contribution in [0.25, 0.3) is 11.1 Å². The standard InChI is InChI=1S/C23H30N2O2.ClH/c1-16(26)17-4-6-18(7-5-17)19-8-13-23(27-3)20(14-19)15-25-22-11-9-21(24-2)10-12-22;/h4-8,13-14,21-22,24-25H,9-12,15H2,1-3H3;1H. The van der Waals surface area contributed by atoms with E-state index in [1.54, 1.807) is 14.0 Å². The van der Waals surface area contributed by atoms with Crippen LogP contribution in [0.1, 0.15) is 48.5 Å². The van der Waals surface area contributed by atoms with Crippen LogP contribution in [0.5, 0.6) is 5.75 Å². The third-order valence-corrected chi connectivity index (χ3v) is 5.62. The number of rotatable bonds is 7. The first-order valence-corrected chi connectivity index (χ1v) is 9.79. The number of ketones is 1. The van der Waals surface area contributed by atoms with Gasteiger partial charge < -0.3 is 15.4 Å². The minimum atomic E-state index is 0. The number of carbonyl (C=O) groups excluding carboxylic acids is 1. The molecule has 0 atom stereocenters. The van der Waals surface area contributed by atoms with Gasteiger partial charge in [0, 0.05) is 29.8 Å². The molecule has 0 heterocycles. The van der Waals surface area contributed by atoms with Crippen molar-refractivity contribution in [1.29, 1.82) is 0 Å². The number of halogens is 1. The van der Waals surface area contributed by atoms with Gasteiger partial charge in [0.2, 0.25) is 0 Å². The second-order valence-corrected chi connectivity index (χ2v) is 7.38. The quantitative estimate of drug-likeness (QED) is 0.664. The van der Waals surface area contributed by atoms with Gasteiger partial charge in [-0.1, -0.05) is 30.3 Å². The van der Waals surface area contributed by atoms with Crippen molar-refractivity contribution in [2.75, 3.05) is 14.2 Å². The number of methoxy groups -OCH3 is 1. The molecule has 0 amide bonds. The SMILES string of the molecule is CNC1CCC(NCc2cc(-c3ccc(C(C)=O)cc3)ccc2OC)CC1.Cl. The summed E-state index contributed by atoms with van der Waals surface area (Å²) in [7, 11) is 3.77. The smallest absolute Gasteiger partial charge is 0.159 e. The van der Waals surface area contributed by atoms with Crippen molar-refractivity contribution >= 4 is 18.2 Å². The molecular weight excluding hydrogens is 372 g/mol. The molecule has 0 saturated heterocycles. The number of nitrogens with one attached hydrogen (secondary N) is 2. The van der Waals surface area contributed by atoms with E-state index >= 15 is 0 Å². The van der Waals surface area contributed by atoms with Gasteiger partial charge in [0.25, 0.3) is 0 Å². The summed E-state index contributed by atoms with van der Waals surface area (Å²) in [6.45, 7) is 2.40. The Morgan fingerprint density at radius 2 is 1.61 bits per heavy atom. The molecule has 3 rings (SSSR count). The molecule has 2 aromatic rings. The molecule has 4 nitrogen and oxygen atoms in total. The van der Waals surface area contributed by atoms with Gasteiger partial charge in [0.05, 0.1) is 7.11 Å². The zero-order valence-corrected chi connectivity index (χ0v) is 17.8. The number of benzene rings is 2. The zero-order chi connectivity index (χ0) is 19.2. The topological polar surface area (TPSA) is 50.4 Å². The predicted octanol–water partition coefficient (Wildman–Crippen LogP) is 4.61. The van der Waals surface area contributed by atoms with Crippen molar-refractivity contribution in [3.8, 4) is 16.9 Å². The number of hydrogen-bond donors (Lipinski definition) is 2. The van der Waals surface area contributed by atoms with Crippen molar-refractivity contribution in [2.45, 2.75) is 51.2 Å². The lowest BCUT2D eigenvalue weighted by atomic mass is 9.91. The molecule has 2 aromatic carbocycles. The summed E-state index contributed by atoms with van der Waals surface area (Å²) in [6, 6.07) is 15.3. The Bertz CT molecular complexity index is 769. The number of carbonyl (C=O) groups is 1. The van der Waals surface area contributed by atoms with E-state index in [-0.39, 0.29) is 18.2 Å². The number of hydrogen-bond acceptors (Lipinski definition) is 4. The van der Waals surface area contributed by atoms with Gasteiger partial charge in [-0.25, -0.2) is 0 Å². The maximum Gasteiger partial charge on any atom is 0.159 e. The fourth-order valence-electron chi connectivity index (χ4n) is 3.83. The van der Waals surface area contributed by atoms with Crippen molar-refractivity contribution in [3.63, 3.8) is 0 Å². The van der Waals surface area contributed by atoms with Crippen LogP contribution in [0.4, 0.5) is 0 Å². The molecule has 1 fully saturated rings. The van der Waals surface area contributed by atoms with Crippen LogP contribution >= 0.6 is 12.4 Å². The van der Waals surface area contributed by atoms with Gasteiger partial charge in [-0.05, 0) is 62.9 Å². The summed E-state index contributed by atoms with van der Waals surface area (Å²) in [6.07, 6.45) is 4.88. The average Bonchev–Trinajstić information content (AvgIpc) is 2.72. The summed E-state index contributed by atoms with van der Waals surface area (Å²) in [4.78, 5) is 11.5. The molecule has 2 N–H and O–H groups in total. The van der Waals surface area contributed by atoms with Crippen LogP contribution in [0.3, 0.4) is 0 Å². The van der Waals surface area contributed by atoms with Gasteiger partial charge in [0.15, 0.2) is 5.78 Å². The van der Waals surface area contributed by atoms with E-state index in [2.05, 4.69) is 29.8 Å². The van der Waals surface area contributed by atoms with Crippen molar-refractivity contribution in [2.24, 2.45) is 0 Å². The lowest BCUT2D eigenvalue weighted by molar-refractivity contribution is 0.101. The highest BCUT2D eigenvalue weighted by molar-refractivity contribution is 5.94. The fourth-order valence-corrected chi connectivity index (χ4v) is 3.83. The highest BCUT2D eigenvalue weighted by atomic mass is 35.5. The van der Waals surface area contributed by atoms with Crippen molar-refractivity contribution in [3.05, 3.63) is 53.6 Å². The van der Waals surface area contributed by atoms with Gasteiger partial charge in [0.1, 0.15) is 5.75 Å². The summed E-state index contributed by atoms with van der Waals surface area (Å²) in [5.74, 6) is 1.00. The Kier molecular flexibility index (Phi) is 8.49. The van der Waals surface area contributed by atoms with Gasteiger partial charge >= 0.3 is 0 Å². The molecule has 0 bridgehead atoms. The van der Waals surface area contributed by atoms with Gasteiger partial charge in [-0.2, -0.15) is 0 Å². The molecule has 0 spiro atoms. The minimum absolute atomic E-state index is 0. The van der Waals surface area contributed by atoms with E-state index in [1.165, 1.54) is 31.2 Å². The lowest BCUT2D eigenvalue weighted by Crippen LogP contribution is -2.38. The molecule has 1 saturated carbocycles. The Labute approximate surface area is 174 Å². The third-order valence-electron chi connectivity index (χ3n) is 5.62. The molecule has 5 heteroatoms. The third kappa shape index (κ3) is 5.57. The Hall–Kier alpha value is -1.88. The van der Waals surface area contributed by atoms with Gasteiger partial charge in [-0.15, -0.1) is 12.4 Å². The minimum Gasteiger partial charge on any atom is -0.496 e. The van der Waals surface area contributed by atoms with Crippen molar-refractivity contribution < 1.29 is 9.53 Å². The van der Waals surface area contributed by atoms with E-state index in [0.717, 1.165) is 29.0 Å². The molecule has 152 valence electrons. The monoisotopic (exact) mass is 402 g/mol. The predicted molar refractivity (Wildman–Crippen MR) is 118 cm³/mol. The van der Waals surface area contributed by atoms with E-state index in [1.807, 2.05) is 30.3 Å². The van der Waals surface area contributed by atoms with Crippen LogP contribution < -0.4 is 15.4 Å². The lowest BCUT2D eigenvalue weighted by Gasteiger charge is -2.29. The van der Waals surface area contributed by atoms with Crippen LogP contribution in [0.2, 0.25) is 0 Å². The molecule has 1 aliphatic carbocycles. The van der Waals surface area contributed by atoms with E-state index in [4.69, 9.17) is 4.74 Å². The second-order valence-electron chi connectivity index (χ2n) is 7.38.